The number of benzene rings is 1. The average Bonchev–Trinajstić information content (AvgIpc) is 3.32. The summed E-state index contributed by atoms with van der Waals surface area (Å²) in [4.78, 5) is 12.6. The molecule has 4 rings (SSSR count). The van der Waals surface area contributed by atoms with Crippen LogP contribution < -0.4 is 5.32 Å². The van der Waals surface area contributed by atoms with Gasteiger partial charge in [-0.3, -0.25) is 9.89 Å². The molecule has 0 aliphatic heterocycles. The number of rotatable bonds is 4. The standard InChI is InChI=1S/C18H19N5O/c1-12(13-6-2-3-9-16(13)23-11-5-10-19-23)20-18(24)17-14-7-4-8-15(14)21-22-17/h2-3,5-6,9-12H,4,7-8H2,1H3,(H,20,24)(H,21,22)/t12-/m0/s1. The molecule has 0 bridgehead atoms. The van der Waals surface area contributed by atoms with E-state index >= 15 is 0 Å². The Balaban J connectivity index is 1.59. The second-order valence-electron chi connectivity index (χ2n) is 6.09. The Kier molecular flexibility index (Phi) is 3.65. The van der Waals surface area contributed by atoms with E-state index in [9.17, 15) is 4.79 Å². The van der Waals surface area contributed by atoms with Gasteiger partial charge in [-0.25, -0.2) is 4.68 Å². The number of aryl methyl sites for hydroxylation is 1. The van der Waals surface area contributed by atoms with Crippen molar-refractivity contribution in [2.24, 2.45) is 0 Å². The lowest BCUT2D eigenvalue weighted by molar-refractivity contribution is 0.0934. The van der Waals surface area contributed by atoms with Gasteiger partial charge in [0.1, 0.15) is 0 Å². The number of amides is 1. The Hall–Kier alpha value is -2.89. The van der Waals surface area contributed by atoms with Crippen LogP contribution in [0.2, 0.25) is 0 Å². The molecule has 3 aromatic rings. The highest BCUT2D eigenvalue weighted by Gasteiger charge is 2.24. The topological polar surface area (TPSA) is 75.6 Å². The van der Waals surface area contributed by atoms with E-state index in [2.05, 4.69) is 20.6 Å². The molecule has 0 unspecified atom stereocenters. The van der Waals surface area contributed by atoms with Crippen LogP contribution in [0.15, 0.2) is 42.7 Å². The Morgan fingerprint density at radius 2 is 2.17 bits per heavy atom. The highest BCUT2D eigenvalue weighted by Crippen LogP contribution is 2.24. The first-order chi connectivity index (χ1) is 11.7. The van der Waals surface area contributed by atoms with Crippen molar-refractivity contribution in [3.8, 4) is 5.69 Å². The van der Waals surface area contributed by atoms with E-state index in [4.69, 9.17) is 0 Å². The van der Waals surface area contributed by atoms with Gasteiger partial charge in [0.05, 0.1) is 11.7 Å². The van der Waals surface area contributed by atoms with Crippen molar-refractivity contribution in [2.75, 3.05) is 0 Å². The van der Waals surface area contributed by atoms with E-state index in [1.54, 1.807) is 6.20 Å². The van der Waals surface area contributed by atoms with Gasteiger partial charge >= 0.3 is 0 Å². The monoisotopic (exact) mass is 321 g/mol. The Morgan fingerprint density at radius 3 is 3.00 bits per heavy atom. The van der Waals surface area contributed by atoms with Crippen LogP contribution in [0.3, 0.4) is 0 Å². The van der Waals surface area contributed by atoms with Gasteiger partial charge in [0.2, 0.25) is 0 Å². The lowest BCUT2D eigenvalue weighted by Crippen LogP contribution is -2.28. The number of aromatic nitrogens is 4. The first kappa shape index (κ1) is 14.7. The summed E-state index contributed by atoms with van der Waals surface area (Å²) >= 11 is 0. The molecule has 122 valence electrons. The zero-order chi connectivity index (χ0) is 16.5. The summed E-state index contributed by atoms with van der Waals surface area (Å²) in [6.45, 7) is 1.98. The average molecular weight is 321 g/mol. The van der Waals surface area contributed by atoms with Gasteiger partial charge in [0.25, 0.3) is 5.91 Å². The van der Waals surface area contributed by atoms with E-state index in [1.807, 2.05) is 48.1 Å². The van der Waals surface area contributed by atoms with Crippen LogP contribution >= 0.6 is 0 Å². The third-order valence-electron chi connectivity index (χ3n) is 4.52. The van der Waals surface area contributed by atoms with Crippen LogP contribution in [0.4, 0.5) is 0 Å². The van der Waals surface area contributed by atoms with Gasteiger partial charge in [0.15, 0.2) is 5.69 Å². The number of hydrogen-bond acceptors (Lipinski definition) is 3. The number of nitrogens with one attached hydrogen (secondary N) is 2. The number of fused-ring (bicyclic) bond motifs is 1. The molecule has 6 nitrogen and oxygen atoms in total. The van der Waals surface area contributed by atoms with Crippen molar-refractivity contribution in [1.82, 2.24) is 25.3 Å². The predicted molar refractivity (Wildman–Crippen MR) is 90.1 cm³/mol. The van der Waals surface area contributed by atoms with Crippen LogP contribution in [0.1, 0.15) is 46.7 Å². The highest BCUT2D eigenvalue weighted by atomic mass is 16.2. The Bertz CT molecular complexity index is 865. The summed E-state index contributed by atoms with van der Waals surface area (Å²) in [5.41, 5.74) is 4.68. The minimum atomic E-state index is -0.147. The second-order valence-corrected chi connectivity index (χ2v) is 6.09. The predicted octanol–water partition coefficient (Wildman–Crippen LogP) is 2.58. The van der Waals surface area contributed by atoms with Crippen molar-refractivity contribution in [1.29, 1.82) is 0 Å². The minimum absolute atomic E-state index is 0.128. The van der Waals surface area contributed by atoms with Gasteiger partial charge in [0, 0.05) is 23.7 Å². The quantitative estimate of drug-likeness (QED) is 0.775. The van der Waals surface area contributed by atoms with Gasteiger partial charge < -0.3 is 5.32 Å². The summed E-state index contributed by atoms with van der Waals surface area (Å²) in [5, 5.41) is 14.6. The molecule has 1 aromatic carbocycles. The zero-order valence-corrected chi connectivity index (χ0v) is 13.5. The van der Waals surface area contributed by atoms with Gasteiger partial charge in [-0.15, -0.1) is 0 Å². The van der Waals surface area contributed by atoms with Crippen LogP contribution in [0.25, 0.3) is 5.69 Å². The fraction of sp³-hybridized carbons (Fsp3) is 0.278. The molecule has 1 aliphatic carbocycles. The third kappa shape index (κ3) is 2.50. The lowest BCUT2D eigenvalue weighted by atomic mass is 10.1. The maximum atomic E-state index is 12.6. The van der Waals surface area contributed by atoms with Crippen molar-refractivity contribution in [3.05, 3.63) is 65.2 Å². The maximum absolute atomic E-state index is 12.6. The number of carbonyl (C=O) groups is 1. The molecule has 2 heterocycles. The first-order valence-corrected chi connectivity index (χ1v) is 8.20. The van der Waals surface area contributed by atoms with Crippen LogP contribution in [-0.2, 0) is 12.8 Å². The molecule has 0 saturated carbocycles. The zero-order valence-electron chi connectivity index (χ0n) is 13.5. The number of carbonyl (C=O) groups excluding carboxylic acids is 1. The summed E-state index contributed by atoms with van der Waals surface area (Å²) in [5.74, 6) is -0.128. The maximum Gasteiger partial charge on any atom is 0.272 e. The summed E-state index contributed by atoms with van der Waals surface area (Å²) in [6, 6.07) is 9.68. The molecule has 2 N–H and O–H groups in total. The molecule has 1 amide bonds. The van der Waals surface area contributed by atoms with Crippen molar-refractivity contribution in [2.45, 2.75) is 32.2 Å². The molecule has 0 spiro atoms. The van der Waals surface area contributed by atoms with Crippen LogP contribution in [0.5, 0.6) is 0 Å². The lowest BCUT2D eigenvalue weighted by Gasteiger charge is -2.17. The molecule has 0 saturated heterocycles. The molecule has 6 heteroatoms. The summed E-state index contributed by atoms with van der Waals surface area (Å²) in [7, 11) is 0. The van der Waals surface area contributed by atoms with Crippen molar-refractivity contribution in [3.63, 3.8) is 0 Å². The fourth-order valence-corrected chi connectivity index (χ4v) is 3.32. The number of aromatic amines is 1. The minimum Gasteiger partial charge on any atom is -0.344 e. The normalized spacial score (nSPS) is 14.4. The molecule has 0 radical (unpaired) electrons. The molecular weight excluding hydrogens is 302 g/mol. The summed E-state index contributed by atoms with van der Waals surface area (Å²) in [6.07, 6.45) is 6.63. The smallest absolute Gasteiger partial charge is 0.272 e. The van der Waals surface area contributed by atoms with Gasteiger partial charge in [-0.1, -0.05) is 18.2 Å². The van der Waals surface area contributed by atoms with Gasteiger partial charge in [-0.05, 0) is 43.9 Å². The molecule has 0 fully saturated rings. The molecule has 2 aromatic heterocycles. The molecule has 1 atom stereocenters. The number of hydrogen-bond donors (Lipinski definition) is 2. The van der Waals surface area contributed by atoms with Gasteiger partial charge in [-0.2, -0.15) is 10.2 Å². The highest BCUT2D eigenvalue weighted by molar-refractivity contribution is 5.94. The van der Waals surface area contributed by atoms with E-state index in [-0.39, 0.29) is 11.9 Å². The fourth-order valence-electron chi connectivity index (χ4n) is 3.32. The number of para-hydroxylation sites is 1. The van der Waals surface area contributed by atoms with E-state index in [0.717, 1.165) is 41.8 Å². The second kappa shape index (κ2) is 5.96. The third-order valence-corrected chi connectivity index (χ3v) is 4.52. The molecule has 1 aliphatic rings. The first-order valence-electron chi connectivity index (χ1n) is 8.20. The molecular formula is C18H19N5O. The SMILES string of the molecule is C[C@H](NC(=O)c1n[nH]c2c1CCC2)c1ccccc1-n1cccn1. The number of nitrogens with zero attached hydrogens (tertiary/aromatic N) is 3. The van der Waals surface area contributed by atoms with Crippen LogP contribution in [0, 0.1) is 0 Å². The van der Waals surface area contributed by atoms with Crippen molar-refractivity contribution < 1.29 is 4.79 Å². The summed E-state index contributed by atoms with van der Waals surface area (Å²) < 4.78 is 1.81. The Morgan fingerprint density at radius 1 is 1.29 bits per heavy atom. The van der Waals surface area contributed by atoms with Crippen molar-refractivity contribution >= 4 is 5.91 Å². The van der Waals surface area contributed by atoms with E-state index in [0.29, 0.717) is 5.69 Å². The van der Waals surface area contributed by atoms with Crippen LogP contribution in [-0.4, -0.2) is 25.9 Å². The Labute approximate surface area is 139 Å². The number of H-pyrrole nitrogens is 1. The van der Waals surface area contributed by atoms with E-state index in [1.165, 1.54) is 0 Å². The molecule has 24 heavy (non-hydrogen) atoms. The van der Waals surface area contributed by atoms with E-state index < -0.39 is 0 Å². The largest absolute Gasteiger partial charge is 0.344 e.